The lowest BCUT2D eigenvalue weighted by atomic mass is 9.97. The van der Waals surface area contributed by atoms with Crippen LogP contribution in [0.4, 0.5) is 0 Å². The predicted molar refractivity (Wildman–Crippen MR) is 98.4 cm³/mol. The number of rotatable bonds is 4. The molecule has 0 saturated carbocycles. The molecular formula is C19H23ClN2O4. The van der Waals surface area contributed by atoms with Gasteiger partial charge in [-0.3, -0.25) is 9.59 Å². The fourth-order valence-electron chi connectivity index (χ4n) is 3.24. The number of piperidine rings is 1. The topological polar surface area (TPSA) is 67.9 Å². The molecule has 1 saturated heterocycles. The first-order chi connectivity index (χ1) is 12.6. The van der Waals surface area contributed by atoms with Crippen molar-refractivity contribution in [1.29, 1.82) is 0 Å². The van der Waals surface area contributed by atoms with Crippen LogP contribution >= 0.6 is 11.6 Å². The fourth-order valence-corrected chi connectivity index (χ4v) is 3.53. The summed E-state index contributed by atoms with van der Waals surface area (Å²) < 4.78 is 11.3. The molecule has 1 aromatic carbocycles. The number of benzene rings is 1. The summed E-state index contributed by atoms with van der Waals surface area (Å²) in [5.41, 5.74) is 0.849. The van der Waals surface area contributed by atoms with Crippen LogP contribution in [0.1, 0.15) is 24.8 Å². The van der Waals surface area contributed by atoms with Gasteiger partial charge in [-0.1, -0.05) is 18.2 Å². The quantitative estimate of drug-likeness (QED) is 0.817. The second-order valence-electron chi connectivity index (χ2n) is 6.50. The van der Waals surface area contributed by atoms with Crippen molar-refractivity contribution in [2.24, 2.45) is 5.92 Å². The molecule has 140 valence electrons. The zero-order chi connectivity index (χ0) is 18.5. The highest BCUT2D eigenvalue weighted by molar-refractivity contribution is 6.32. The maximum atomic E-state index is 12.5. The van der Waals surface area contributed by atoms with Crippen LogP contribution in [0.15, 0.2) is 24.8 Å². The van der Waals surface area contributed by atoms with E-state index in [2.05, 4.69) is 11.9 Å². The molecule has 0 bridgehead atoms. The lowest BCUT2D eigenvalue weighted by Gasteiger charge is -2.31. The molecule has 0 aromatic heterocycles. The van der Waals surface area contributed by atoms with Crippen LogP contribution < -0.4 is 14.8 Å². The van der Waals surface area contributed by atoms with Crippen LogP contribution in [-0.2, 0) is 16.1 Å². The maximum absolute atomic E-state index is 12.5. The summed E-state index contributed by atoms with van der Waals surface area (Å²) in [7, 11) is 0. The molecule has 0 radical (unpaired) electrons. The molecule has 3 rings (SSSR count). The third-order valence-corrected chi connectivity index (χ3v) is 4.89. The highest BCUT2D eigenvalue weighted by Gasteiger charge is 2.27. The summed E-state index contributed by atoms with van der Waals surface area (Å²) in [4.78, 5) is 25.9. The Labute approximate surface area is 158 Å². The second kappa shape index (κ2) is 8.45. The third kappa shape index (κ3) is 4.30. The highest BCUT2D eigenvalue weighted by atomic mass is 35.5. The summed E-state index contributed by atoms with van der Waals surface area (Å²) in [6.45, 7) is 6.11. The van der Waals surface area contributed by atoms with Crippen LogP contribution in [-0.4, -0.2) is 43.0 Å². The van der Waals surface area contributed by atoms with Gasteiger partial charge in [-0.15, -0.1) is 0 Å². The summed E-state index contributed by atoms with van der Waals surface area (Å²) in [6.07, 6.45) is 3.68. The lowest BCUT2D eigenvalue weighted by molar-refractivity contribution is -0.132. The Morgan fingerprint density at radius 2 is 2.12 bits per heavy atom. The number of amides is 2. The van der Waals surface area contributed by atoms with Crippen LogP contribution in [0.25, 0.3) is 0 Å². The number of fused-ring (bicyclic) bond motifs is 1. The summed E-state index contributed by atoms with van der Waals surface area (Å²) in [5.74, 6) is 0.778. The van der Waals surface area contributed by atoms with Crippen molar-refractivity contribution >= 4 is 23.4 Å². The van der Waals surface area contributed by atoms with E-state index in [9.17, 15) is 9.59 Å². The van der Waals surface area contributed by atoms with E-state index in [4.69, 9.17) is 21.1 Å². The number of nitrogens with one attached hydrogen (secondary N) is 1. The molecule has 2 heterocycles. The van der Waals surface area contributed by atoms with Crippen LogP contribution in [0.5, 0.6) is 11.5 Å². The number of hydrogen-bond donors (Lipinski definition) is 1. The summed E-state index contributed by atoms with van der Waals surface area (Å²) in [6, 6.07) is 3.63. The van der Waals surface area contributed by atoms with Gasteiger partial charge in [0.05, 0.1) is 24.2 Å². The monoisotopic (exact) mass is 378 g/mol. The lowest BCUT2D eigenvalue weighted by Crippen LogP contribution is -2.44. The largest absolute Gasteiger partial charge is 0.489 e. The number of likely N-dealkylation sites (tertiary alicyclic amines) is 1. The molecule has 6 nitrogen and oxygen atoms in total. The molecular weight excluding hydrogens is 356 g/mol. The van der Waals surface area contributed by atoms with Gasteiger partial charge < -0.3 is 19.7 Å². The Morgan fingerprint density at radius 1 is 1.31 bits per heavy atom. The number of nitrogens with zero attached hydrogens (tertiary/aromatic N) is 1. The Kier molecular flexibility index (Phi) is 6.04. The van der Waals surface area contributed by atoms with E-state index < -0.39 is 0 Å². The van der Waals surface area contributed by atoms with Gasteiger partial charge in [-0.2, -0.15) is 0 Å². The minimum atomic E-state index is -0.205. The van der Waals surface area contributed by atoms with Gasteiger partial charge in [0.15, 0.2) is 11.5 Å². The van der Waals surface area contributed by atoms with Crippen LogP contribution in [0.3, 0.4) is 0 Å². The maximum Gasteiger partial charge on any atom is 0.245 e. The number of hydrogen-bond acceptors (Lipinski definition) is 4. The molecule has 2 aliphatic rings. The van der Waals surface area contributed by atoms with Gasteiger partial charge in [0.1, 0.15) is 0 Å². The molecule has 0 spiro atoms. The van der Waals surface area contributed by atoms with Gasteiger partial charge in [0.25, 0.3) is 0 Å². The number of carbonyl (C=O) groups excluding carboxylic acids is 2. The molecule has 26 heavy (non-hydrogen) atoms. The van der Waals surface area contributed by atoms with Crippen molar-refractivity contribution in [3.8, 4) is 11.5 Å². The number of carbonyl (C=O) groups is 2. The predicted octanol–water partition coefficient (Wildman–Crippen LogP) is 2.54. The van der Waals surface area contributed by atoms with Crippen LogP contribution in [0.2, 0.25) is 5.02 Å². The normalized spacial score (nSPS) is 19.4. The summed E-state index contributed by atoms with van der Waals surface area (Å²) >= 11 is 6.28. The van der Waals surface area contributed by atoms with Crippen molar-refractivity contribution in [2.75, 3.05) is 26.3 Å². The van der Waals surface area contributed by atoms with Gasteiger partial charge in [-0.25, -0.2) is 0 Å². The molecule has 1 fully saturated rings. The first kappa shape index (κ1) is 18.6. The summed E-state index contributed by atoms with van der Waals surface area (Å²) in [5, 5.41) is 3.42. The molecule has 0 aliphatic carbocycles. The molecule has 7 heteroatoms. The molecule has 1 N–H and O–H groups in total. The zero-order valence-electron chi connectivity index (χ0n) is 14.6. The second-order valence-corrected chi connectivity index (χ2v) is 6.91. The van der Waals surface area contributed by atoms with E-state index in [0.29, 0.717) is 49.4 Å². The molecule has 2 aliphatic heterocycles. The smallest absolute Gasteiger partial charge is 0.245 e. The standard InChI is InChI=1S/C19H23ClN2O4/c1-2-17(23)22-6-3-5-14(12-22)19(24)21-11-13-9-15(20)18-16(10-13)25-7-4-8-26-18/h2,9-10,14H,1,3-8,11-12H2,(H,21,24). The Morgan fingerprint density at radius 3 is 2.92 bits per heavy atom. The van der Waals surface area contributed by atoms with Gasteiger partial charge in [0.2, 0.25) is 11.8 Å². The van der Waals surface area contributed by atoms with E-state index in [0.717, 1.165) is 24.8 Å². The average Bonchev–Trinajstić information content (AvgIpc) is 2.91. The van der Waals surface area contributed by atoms with Crippen LogP contribution in [0, 0.1) is 5.92 Å². The van der Waals surface area contributed by atoms with Crippen molar-refractivity contribution in [1.82, 2.24) is 10.2 Å². The molecule has 1 aromatic rings. The Bertz CT molecular complexity index is 707. The first-order valence-electron chi connectivity index (χ1n) is 8.85. The Hall–Kier alpha value is -2.21. The average molecular weight is 379 g/mol. The van der Waals surface area contributed by atoms with E-state index in [1.54, 1.807) is 11.0 Å². The van der Waals surface area contributed by atoms with Gasteiger partial charge >= 0.3 is 0 Å². The number of halogens is 1. The number of ether oxygens (including phenoxy) is 2. The van der Waals surface area contributed by atoms with Crippen molar-refractivity contribution in [3.05, 3.63) is 35.4 Å². The molecule has 1 unspecified atom stereocenters. The minimum Gasteiger partial charge on any atom is -0.489 e. The van der Waals surface area contributed by atoms with E-state index in [1.807, 2.05) is 6.07 Å². The SMILES string of the molecule is C=CC(=O)N1CCCC(C(=O)NCc2cc(Cl)c3c(c2)OCCCO3)C1. The molecule has 2 amide bonds. The van der Waals surface area contributed by atoms with Crippen molar-refractivity contribution in [2.45, 2.75) is 25.8 Å². The highest BCUT2D eigenvalue weighted by Crippen LogP contribution is 2.38. The van der Waals surface area contributed by atoms with Gasteiger partial charge in [0, 0.05) is 26.1 Å². The minimum absolute atomic E-state index is 0.0604. The fraction of sp³-hybridized carbons (Fsp3) is 0.474. The van der Waals surface area contributed by atoms with E-state index >= 15 is 0 Å². The molecule has 1 atom stereocenters. The van der Waals surface area contributed by atoms with Crippen molar-refractivity contribution in [3.63, 3.8) is 0 Å². The van der Waals surface area contributed by atoms with Gasteiger partial charge in [-0.05, 0) is 36.6 Å². The van der Waals surface area contributed by atoms with E-state index in [-0.39, 0.29) is 17.7 Å². The Balaban J connectivity index is 1.61. The first-order valence-corrected chi connectivity index (χ1v) is 9.23. The van der Waals surface area contributed by atoms with E-state index in [1.165, 1.54) is 6.08 Å². The zero-order valence-corrected chi connectivity index (χ0v) is 15.4. The van der Waals surface area contributed by atoms with Crippen molar-refractivity contribution < 1.29 is 19.1 Å². The third-order valence-electron chi connectivity index (χ3n) is 4.61.